The summed E-state index contributed by atoms with van der Waals surface area (Å²) in [7, 11) is 2.09. The molecule has 0 aliphatic carbocycles. The molecule has 7 heteroatoms. The average Bonchev–Trinajstić information content (AvgIpc) is 2.78. The minimum Gasteiger partial charge on any atom is -0.494 e. The van der Waals surface area contributed by atoms with Crippen molar-refractivity contribution in [1.82, 2.24) is 4.90 Å². The third kappa shape index (κ3) is 4.22. The van der Waals surface area contributed by atoms with Crippen LogP contribution in [0.4, 0.5) is 0 Å². The van der Waals surface area contributed by atoms with Gasteiger partial charge in [0.05, 0.1) is 19.3 Å². The summed E-state index contributed by atoms with van der Waals surface area (Å²) in [6.07, 6.45) is -4.90. The largest absolute Gasteiger partial charge is 0.494 e. The first-order valence-electron chi connectivity index (χ1n) is 10.8. The fourth-order valence-electron chi connectivity index (χ4n) is 4.66. The van der Waals surface area contributed by atoms with Crippen LogP contribution in [0, 0.1) is 0 Å². The summed E-state index contributed by atoms with van der Waals surface area (Å²) in [6.45, 7) is 3.06. The molecule has 2 aliphatic rings. The van der Waals surface area contributed by atoms with Crippen molar-refractivity contribution in [3.8, 4) is 5.75 Å². The van der Waals surface area contributed by atoms with Crippen molar-refractivity contribution in [2.45, 2.75) is 49.9 Å². The SMILES string of the molecule is CCOc1ccc([C@H]2c3cc([C@@H]4O[C@H](CO)[C@@H](O)[C@H](O)[C@H]4O)ccc3CCN2C)cc1. The molecule has 4 N–H and O–H groups in total. The van der Waals surface area contributed by atoms with Gasteiger partial charge in [0.25, 0.3) is 0 Å². The van der Waals surface area contributed by atoms with Crippen molar-refractivity contribution in [2.24, 2.45) is 0 Å². The predicted molar refractivity (Wildman–Crippen MR) is 115 cm³/mol. The van der Waals surface area contributed by atoms with E-state index in [-0.39, 0.29) is 6.04 Å². The summed E-state index contributed by atoms with van der Waals surface area (Å²) in [5, 5.41) is 40.4. The van der Waals surface area contributed by atoms with Gasteiger partial charge in [-0.3, -0.25) is 4.90 Å². The molecule has 2 aromatic carbocycles. The monoisotopic (exact) mass is 429 g/mol. The van der Waals surface area contributed by atoms with E-state index >= 15 is 0 Å². The highest BCUT2D eigenvalue weighted by Gasteiger charge is 2.44. The lowest BCUT2D eigenvalue weighted by molar-refractivity contribution is -0.231. The highest BCUT2D eigenvalue weighted by Crippen LogP contribution is 2.39. The first kappa shape index (κ1) is 22.2. The molecule has 0 amide bonds. The molecule has 0 unspecified atom stereocenters. The molecular formula is C24H31NO6. The number of aliphatic hydroxyl groups is 4. The van der Waals surface area contributed by atoms with Gasteiger partial charge in [-0.1, -0.05) is 30.3 Å². The number of ether oxygens (including phenoxy) is 2. The second-order valence-corrected chi connectivity index (χ2v) is 8.34. The summed E-state index contributed by atoms with van der Waals surface area (Å²) in [5.74, 6) is 0.833. The van der Waals surface area contributed by atoms with Crippen LogP contribution in [-0.4, -0.2) is 76.5 Å². The summed E-state index contributed by atoms with van der Waals surface area (Å²) in [4.78, 5) is 2.29. The van der Waals surface area contributed by atoms with Gasteiger partial charge in [0, 0.05) is 6.54 Å². The Morgan fingerprint density at radius 3 is 2.39 bits per heavy atom. The van der Waals surface area contributed by atoms with Crippen LogP contribution in [0.2, 0.25) is 0 Å². The van der Waals surface area contributed by atoms with Crippen molar-refractivity contribution in [3.63, 3.8) is 0 Å². The van der Waals surface area contributed by atoms with E-state index in [0.29, 0.717) is 12.2 Å². The zero-order chi connectivity index (χ0) is 22.1. The number of rotatable bonds is 5. The van der Waals surface area contributed by atoms with Crippen molar-refractivity contribution in [3.05, 3.63) is 64.7 Å². The van der Waals surface area contributed by atoms with Gasteiger partial charge in [0.15, 0.2) is 0 Å². The molecule has 2 aliphatic heterocycles. The predicted octanol–water partition coefficient (Wildman–Crippen LogP) is 1.18. The quantitative estimate of drug-likeness (QED) is 0.566. The number of fused-ring (bicyclic) bond motifs is 1. The van der Waals surface area contributed by atoms with Crippen LogP contribution in [0.15, 0.2) is 42.5 Å². The third-order valence-corrected chi connectivity index (χ3v) is 6.37. The Labute approximate surface area is 182 Å². The van der Waals surface area contributed by atoms with Crippen LogP contribution >= 0.6 is 0 Å². The second-order valence-electron chi connectivity index (χ2n) is 8.34. The molecule has 2 heterocycles. The second kappa shape index (κ2) is 9.24. The third-order valence-electron chi connectivity index (χ3n) is 6.37. The fraction of sp³-hybridized carbons (Fsp3) is 0.500. The smallest absolute Gasteiger partial charge is 0.119 e. The molecule has 0 radical (unpaired) electrons. The molecule has 0 aromatic heterocycles. The molecule has 1 saturated heterocycles. The molecule has 0 spiro atoms. The highest BCUT2D eigenvalue weighted by atomic mass is 16.5. The lowest BCUT2D eigenvalue weighted by Crippen LogP contribution is -2.55. The Morgan fingerprint density at radius 2 is 1.71 bits per heavy atom. The van der Waals surface area contributed by atoms with Crippen LogP contribution in [-0.2, 0) is 11.2 Å². The van der Waals surface area contributed by atoms with E-state index in [9.17, 15) is 20.4 Å². The number of benzene rings is 2. The molecule has 4 rings (SSSR count). The molecule has 168 valence electrons. The maximum atomic E-state index is 10.6. The Balaban J connectivity index is 1.69. The van der Waals surface area contributed by atoms with Crippen molar-refractivity contribution in [1.29, 1.82) is 0 Å². The normalized spacial score (nSPS) is 31.3. The van der Waals surface area contributed by atoms with Gasteiger partial charge in [-0.2, -0.15) is 0 Å². The zero-order valence-corrected chi connectivity index (χ0v) is 17.9. The van der Waals surface area contributed by atoms with Crippen molar-refractivity contribution in [2.75, 3.05) is 26.8 Å². The van der Waals surface area contributed by atoms with Crippen molar-refractivity contribution >= 4 is 0 Å². The maximum absolute atomic E-state index is 10.6. The first-order valence-corrected chi connectivity index (χ1v) is 10.8. The summed E-state index contributed by atoms with van der Waals surface area (Å²) in [5.41, 5.74) is 4.19. The molecule has 31 heavy (non-hydrogen) atoms. The Hall–Kier alpha value is -2.00. The molecule has 1 fully saturated rings. The minimum absolute atomic E-state index is 0.0317. The standard InChI is InChI=1S/C24H31NO6/c1-3-30-17-8-6-15(7-9-17)20-18-12-16(5-4-14(18)10-11-25(20)2)24-23(29)22(28)21(27)19(13-26)31-24/h4-9,12,19-24,26-29H,3,10-11,13H2,1-2H3/t19-,20+,21-,22+,23-,24+/m1/s1. The van der Waals surface area contributed by atoms with Crippen LogP contribution in [0.5, 0.6) is 5.75 Å². The van der Waals surface area contributed by atoms with Crippen LogP contribution in [0.1, 0.15) is 41.3 Å². The van der Waals surface area contributed by atoms with E-state index in [1.165, 1.54) is 5.56 Å². The number of likely N-dealkylation sites (N-methyl/N-ethyl adjacent to an activating group) is 1. The number of aliphatic hydroxyl groups excluding tert-OH is 4. The number of nitrogens with zero attached hydrogens (tertiary/aromatic N) is 1. The Morgan fingerprint density at radius 1 is 1.00 bits per heavy atom. The number of hydrogen-bond acceptors (Lipinski definition) is 7. The molecule has 0 saturated carbocycles. The Kier molecular flexibility index (Phi) is 6.62. The average molecular weight is 430 g/mol. The van der Waals surface area contributed by atoms with Gasteiger partial charge in [0.2, 0.25) is 0 Å². The minimum atomic E-state index is -1.39. The molecule has 2 aromatic rings. The van der Waals surface area contributed by atoms with Crippen LogP contribution < -0.4 is 4.74 Å². The van der Waals surface area contributed by atoms with Gasteiger partial charge < -0.3 is 29.9 Å². The molecular weight excluding hydrogens is 398 g/mol. The van der Waals surface area contributed by atoms with E-state index < -0.39 is 37.1 Å². The van der Waals surface area contributed by atoms with Gasteiger partial charge in [-0.15, -0.1) is 0 Å². The molecule has 7 nitrogen and oxygen atoms in total. The van der Waals surface area contributed by atoms with E-state index in [0.717, 1.165) is 29.8 Å². The molecule has 6 atom stereocenters. The lowest BCUT2D eigenvalue weighted by Gasteiger charge is -2.41. The van der Waals surface area contributed by atoms with E-state index in [1.807, 2.05) is 37.3 Å². The highest BCUT2D eigenvalue weighted by molar-refractivity contribution is 5.44. The number of hydrogen-bond donors (Lipinski definition) is 4. The van der Waals surface area contributed by atoms with Crippen LogP contribution in [0.25, 0.3) is 0 Å². The van der Waals surface area contributed by atoms with Gasteiger partial charge >= 0.3 is 0 Å². The van der Waals surface area contributed by atoms with Gasteiger partial charge in [-0.05, 0) is 54.8 Å². The summed E-state index contributed by atoms with van der Waals surface area (Å²) < 4.78 is 11.3. The fourth-order valence-corrected chi connectivity index (χ4v) is 4.66. The zero-order valence-electron chi connectivity index (χ0n) is 17.9. The Bertz CT molecular complexity index is 886. The lowest BCUT2D eigenvalue weighted by atomic mass is 9.84. The van der Waals surface area contributed by atoms with E-state index in [2.05, 4.69) is 24.1 Å². The van der Waals surface area contributed by atoms with Gasteiger partial charge in [0.1, 0.15) is 36.3 Å². The van der Waals surface area contributed by atoms with E-state index in [4.69, 9.17) is 9.47 Å². The van der Waals surface area contributed by atoms with Gasteiger partial charge in [-0.25, -0.2) is 0 Å². The topological polar surface area (TPSA) is 103 Å². The van der Waals surface area contributed by atoms with Crippen molar-refractivity contribution < 1.29 is 29.9 Å². The van der Waals surface area contributed by atoms with Crippen LogP contribution in [0.3, 0.4) is 0 Å². The summed E-state index contributed by atoms with van der Waals surface area (Å²) >= 11 is 0. The summed E-state index contributed by atoms with van der Waals surface area (Å²) in [6, 6.07) is 14.1. The maximum Gasteiger partial charge on any atom is 0.119 e. The first-order chi connectivity index (χ1) is 14.9. The van der Waals surface area contributed by atoms with E-state index in [1.54, 1.807) is 0 Å². The molecule has 0 bridgehead atoms.